The highest BCUT2D eigenvalue weighted by molar-refractivity contribution is 7.78. The molecule has 1 fully saturated rings. The van der Waals surface area contributed by atoms with E-state index in [1.807, 2.05) is 0 Å². The van der Waals surface area contributed by atoms with Gasteiger partial charge in [-0.3, -0.25) is 0 Å². The molecular formula is C24H24FNS. The van der Waals surface area contributed by atoms with Crippen LogP contribution in [0.4, 0.5) is 10.1 Å². The molecule has 3 rings (SSSR count). The van der Waals surface area contributed by atoms with Gasteiger partial charge < -0.3 is 0 Å². The van der Waals surface area contributed by atoms with Crippen LogP contribution in [0, 0.1) is 23.6 Å². The van der Waals surface area contributed by atoms with Crippen LogP contribution >= 0.6 is 12.2 Å². The molecule has 0 bridgehead atoms. The predicted octanol–water partition coefficient (Wildman–Crippen LogP) is 6.82. The van der Waals surface area contributed by atoms with Gasteiger partial charge in [0.2, 0.25) is 0 Å². The smallest absolute Gasteiger partial charge is 0.150 e. The van der Waals surface area contributed by atoms with Crippen molar-refractivity contribution < 1.29 is 4.39 Å². The summed E-state index contributed by atoms with van der Waals surface area (Å²) in [7, 11) is 0. The lowest BCUT2D eigenvalue weighted by atomic mass is 9.79. The minimum absolute atomic E-state index is 0.191. The summed E-state index contributed by atoms with van der Waals surface area (Å²) in [6.07, 6.45) is 6.15. The van der Waals surface area contributed by atoms with Gasteiger partial charge in [0, 0.05) is 11.1 Å². The summed E-state index contributed by atoms with van der Waals surface area (Å²) in [5.74, 6) is 7.39. The lowest BCUT2D eigenvalue weighted by molar-refractivity contribution is 0.348. The highest BCUT2D eigenvalue weighted by Crippen LogP contribution is 2.36. The summed E-state index contributed by atoms with van der Waals surface area (Å²) in [4.78, 5) is 3.69. The number of isothiocyanates is 1. The highest BCUT2D eigenvalue weighted by Gasteiger charge is 2.20. The molecule has 0 amide bonds. The van der Waals surface area contributed by atoms with Gasteiger partial charge >= 0.3 is 0 Å². The highest BCUT2D eigenvalue weighted by atomic mass is 32.1. The lowest BCUT2D eigenvalue weighted by Crippen LogP contribution is -2.11. The van der Waals surface area contributed by atoms with Gasteiger partial charge in [0.15, 0.2) is 5.82 Å². The van der Waals surface area contributed by atoms with Crippen LogP contribution in [0.5, 0.6) is 0 Å². The van der Waals surface area contributed by atoms with E-state index in [0.29, 0.717) is 11.5 Å². The second kappa shape index (κ2) is 9.09. The molecule has 0 aromatic heterocycles. The van der Waals surface area contributed by atoms with Crippen LogP contribution in [0.2, 0.25) is 0 Å². The fourth-order valence-corrected chi connectivity index (χ4v) is 3.84. The molecule has 1 saturated carbocycles. The molecular weight excluding hydrogens is 353 g/mol. The Bertz CT molecular complexity index is 923. The first-order valence-corrected chi connectivity index (χ1v) is 10.0. The fraction of sp³-hybridized carbons (Fsp3) is 0.375. The number of halogens is 1. The molecule has 3 heteroatoms. The molecule has 0 aliphatic heterocycles. The van der Waals surface area contributed by atoms with Crippen molar-refractivity contribution in [3.8, 4) is 11.8 Å². The zero-order chi connectivity index (χ0) is 19.2. The van der Waals surface area contributed by atoms with Crippen molar-refractivity contribution in [2.24, 2.45) is 10.9 Å². The van der Waals surface area contributed by atoms with Crippen molar-refractivity contribution in [2.75, 3.05) is 0 Å². The molecule has 0 spiro atoms. The van der Waals surface area contributed by atoms with E-state index in [0.717, 1.165) is 17.9 Å². The van der Waals surface area contributed by atoms with Gasteiger partial charge in [-0.15, -0.1) is 0 Å². The monoisotopic (exact) mass is 377 g/mol. The summed E-state index contributed by atoms with van der Waals surface area (Å²) >= 11 is 4.52. The van der Waals surface area contributed by atoms with Gasteiger partial charge in [0.25, 0.3) is 0 Å². The summed E-state index contributed by atoms with van der Waals surface area (Å²) in [6, 6.07) is 11.4. The summed E-state index contributed by atoms with van der Waals surface area (Å²) in [5, 5.41) is 2.18. The maximum Gasteiger partial charge on any atom is 0.150 e. The molecule has 2 aromatic carbocycles. The molecule has 27 heavy (non-hydrogen) atoms. The van der Waals surface area contributed by atoms with E-state index in [9.17, 15) is 4.39 Å². The number of aliphatic imine (C=N–C) groups is 1. The lowest BCUT2D eigenvalue weighted by Gasteiger charge is -2.27. The van der Waals surface area contributed by atoms with E-state index in [-0.39, 0.29) is 5.69 Å². The quantitative estimate of drug-likeness (QED) is 0.325. The molecule has 138 valence electrons. The Labute approximate surface area is 166 Å². The summed E-state index contributed by atoms with van der Waals surface area (Å²) in [5.41, 5.74) is 4.55. The maximum absolute atomic E-state index is 13.9. The zero-order valence-corrected chi connectivity index (χ0v) is 16.7. The summed E-state index contributed by atoms with van der Waals surface area (Å²) < 4.78 is 13.9. The van der Waals surface area contributed by atoms with Crippen LogP contribution in [0.1, 0.15) is 67.7 Å². The number of benzene rings is 2. The second-order valence-electron chi connectivity index (χ2n) is 7.35. The van der Waals surface area contributed by atoms with Gasteiger partial charge in [0.05, 0.1) is 5.16 Å². The molecule has 0 N–H and O–H groups in total. The van der Waals surface area contributed by atoms with E-state index in [1.54, 1.807) is 12.1 Å². The van der Waals surface area contributed by atoms with Gasteiger partial charge in [-0.25, -0.2) is 4.39 Å². The third-order valence-electron chi connectivity index (χ3n) is 5.45. The Balaban J connectivity index is 1.82. The normalized spacial score (nSPS) is 18.9. The third kappa shape index (κ3) is 4.92. The summed E-state index contributed by atoms with van der Waals surface area (Å²) in [6.45, 7) is 4.51. The predicted molar refractivity (Wildman–Crippen MR) is 113 cm³/mol. The fourth-order valence-electron chi connectivity index (χ4n) is 3.74. The van der Waals surface area contributed by atoms with Crippen molar-refractivity contribution >= 4 is 23.1 Å². The topological polar surface area (TPSA) is 12.4 Å². The van der Waals surface area contributed by atoms with Crippen LogP contribution in [0.25, 0.3) is 0 Å². The number of hydrogen-bond donors (Lipinski definition) is 0. The minimum Gasteiger partial charge on any atom is -0.205 e. The van der Waals surface area contributed by atoms with Crippen LogP contribution in [0.3, 0.4) is 0 Å². The second-order valence-corrected chi connectivity index (χ2v) is 7.53. The average Bonchev–Trinajstić information content (AvgIpc) is 2.69. The molecule has 0 atom stereocenters. The van der Waals surface area contributed by atoms with E-state index < -0.39 is 5.82 Å². The number of rotatable bonds is 3. The first kappa shape index (κ1) is 19.5. The SMILES string of the molecule is CCc1cc(C2CCC(C)CC2)ccc1C#Cc1ccc(N=C=S)c(F)c1. The molecule has 0 heterocycles. The number of hydrogen-bond acceptors (Lipinski definition) is 2. The number of thiocarbonyl (C=S) groups is 1. The number of nitrogens with zero attached hydrogens (tertiary/aromatic N) is 1. The molecule has 0 saturated heterocycles. The van der Waals surface area contributed by atoms with Gasteiger partial charge in [-0.05, 0) is 78.7 Å². The van der Waals surface area contributed by atoms with E-state index >= 15 is 0 Å². The molecule has 0 unspecified atom stereocenters. The average molecular weight is 378 g/mol. The van der Waals surface area contributed by atoms with Crippen molar-refractivity contribution in [3.63, 3.8) is 0 Å². The van der Waals surface area contributed by atoms with Crippen LogP contribution in [-0.4, -0.2) is 5.16 Å². The Morgan fingerprint density at radius 3 is 2.52 bits per heavy atom. The van der Waals surface area contributed by atoms with Gasteiger partial charge in [-0.2, -0.15) is 4.99 Å². The Hall–Kier alpha value is -2.27. The Kier molecular flexibility index (Phi) is 6.56. The molecule has 1 aliphatic carbocycles. The van der Waals surface area contributed by atoms with Crippen molar-refractivity contribution in [1.29, 1.82) is 0 Å². The Morgan fingerprint density at radius 1 is 1.07 bits per heavy atom. The minimum atomic E-state index is -0.434. The van der Waals surface area contributed by atoms with E-state index in [2.05, 4.69) is 66.3 Å². The van der Waals surface area contributed by atoms with E-state index in [4.69, 9.17) is 0 Å². The molecule has 2 aromatic rings. The van der Waals surface area contributed by atoms with Crippen LogP contribution < -0.4 is 0 Å². The zero-order valence-electron chi connectivity index (χ0n) is 15.9. The Morgan fingerprint density at radius 2 is 1.85 bits per heavy atom. The van der Waals surface area contributed by atoms with Crippen LogP contribution in [-0.2, 0) is 6.42 Å². The van der Waals surface area contributed by atoms with Crippen LogP contribution in [0.15, 0.2) is 41.4 Å². The molecule has 0 radical (unpaired) electrons. The first-order valence-electron chi connectivity index (χ1n) is 9.63. The van der Waals surface area contributed by atoms with Gasteiger partial charge in [0.1, 0.15) is 5.69 Å². The van der Waals surface area contributed by atoms with Crippen molar-refractivity contribution in [2.45, 2.75) is 51.9 Å². The maximum atomic E-state index is 13.9. The largest absolute Gasteiger partial charge is 0.205 e. The van der Waals surface area contributed by atoms with E-state index in [1.165, 1.54) is 42.9 Å². The standard InChI is InChI=1S/C24H24FNS/c1-3-19-15-22(21-8-4-17(2)5-9-21)12-11-20(19)10-6-18-7-13-24(26-16-27)23(25)14-18/h7,11-15,17,21H,3-5,8-9H2,1-2H3. The molecule has 1 aliphatic rings. The van der Waals surface area contributed by atoms with Crippen molar-refractivity contribution in [1.82, 2.24) is 0 Å². The van der Waals surface area contributed by atoms with Gasteiger partial charge in [-0.1, -0.05) is 50.7 Å². The third-order valence-corrected chi connectivity index (χ3v) is 5.54. The van der Waals surface area contributed by atoms with Crippen molar-refractivity contribution in [3.05, 3.63) is 64.5 Å². The first-order chi connectivity index (χ1) is 13.1. The molecule has 1 nitrogen and oxygen atoms in total. The number of aryl methyl sites for hydroxylation is 1.